The molecule has 1 rings (SSSR count). The zero-order valence-corrected chi connectivity index (χ0v) is 8.39. The molecule has 4 nitrogen and oxygen atoms in total. The van der Waals surface area contributed by atoms with E-state index in [1.165, 1.54) is 11.3 Å². The molecular formula is C8H12N2O2S. The predicted octanol–water partition coefficient (Wildman–Crippen LogP) is 1.94. The second-order valence-electron chi connectivity index (χ2n) is 2.88. The summed E-state index contributed by atoms with van der Waals surface area (Å²) in [4.78, 5) is 15.3. The van der Waals surface area contributed by atoms with Crippen LogP contribution in [0.5, 0.6) is 0 Å². The van der Waals surface area contributed by atoms with Crippen LogP contribution in [0.3, 0.4) is 0 Å². The third-order valence-electron chi connectivity index (χ3n) is 1.93. The molecule has 0 radical (unpaired) electrons. The minimum atomic E-state index is -0.997. The third kappa shape index (κ3) is 1.98. The van der Waals surface area contributed by atoms with Crippen molar-refractivity contribution in [3.63, 3.8) is 0 Å². The van der Waals surface area contributed by atoms with Gasteiger partial charge in [0.25, 0.3) is 0 Å². The summed E-state index contributed by atoms with van der Waals surface area (Å²) in [7, 11) is 0. The van der Waals surface area contributed by atoms with Crippen molar-refractivity contribution in [2.75, 3.05) is 5.73 Å². The maximum atomic E-state index is 10.7. The van der Waals surface area contributed by atoms with Gasteiger partial charge in [0.1, 0.15) is 0 Å². The summed E-state index contributed by atoms with van der Waals surface area (Å²) in [6, 6.07) is 0. The van der Waals surface area contributed by atoms with E-state index in [1.54, 1.807) is 0 Å². The zero-order chi connectivity index (χ0) is 10.0. The minimum Gasteiger partial charge on any atom is -0.476 e. The van der Waals surface area contributed by atoms with E-state index in [2.05, 4.69) is 4.98 Å². The van der Waals surface area contributed by atoms with Crippen LogP contribution in [0.1, 0.15) is 41.6 Å². The van der Waals surface area contributed by atoms with Gasteiger partial charge in [-0.25, -0.2) is 9.78 Å². The highest BCUT2D eigenvalue weighted by Crippen LogP contribution is 2.30. The summed E-state index contributed by atoms with van der Waals surface area (Å²) in [6.45, 7) is 3.98. The normalized spacial score (nSPS) is 12.8. The third-order valence-corrected chi connectivity index (χ3v) is 3.05. The molecule has 0 amide bonds. The molecule has 0 aliphatic heterocycles. The van der Waals surface area contributed by atoms with Gasteiger partial charge in [-0.05, 0) is 12.3 Å². The van der Waals surface area contributed by atoms with E-state index in [1.807, 2.05) is 13.8 Å². The van der Waals surface area contributed by atoms with Gasteiger partial charge in [-0.1, -0.05) is 13.8 Å². The van der Waals surface area contributed by atoms with Gasteiger partial charge in [0.2, 0.25) is 0 Å². The Hall–Kier alpha value is -1.10. The van der Waals surface area contributed by atoms with Crippen molar-refractivity contribution in [1.29, 1.82) is 0 Å². The molecule has 0 aliphatic carbocycles. The Bertz CT molecular complexity index is 322. The van der Waals surface area contributed by atoms with E-state index >= 15 is 0 Å². The van der Waals surface area contributed by atoms with Crippen LogP contribution < -0.4 is 5.73 Å². The number of thiazole rings is 1. The van der Waals surface area contributed by atoms with Crippen LogP contribution in [0, 0.1) is 0 Å². The summed E-state index contributed by atoms with van der Waals surface area (Å²) < 4.78 is 0. The number of rotatable bonds is 3. The van der Waals surface area contributed by atoms with Crippen LogP contribution in [0.15, 0.2) is 0 Å². The van der Waals surface area contributed by atoms with Gasteiger partial charge in [0, 0.05) is 4.88 Å². The molecule has 0 bridgehead atoms. The summed E-state index contributed by atoms with van der Waals surface area (Å²) >= 11 is 1.26. The lowest BCUT2D eigenvalue weighted by molar-refractivity contribution is 0.0690. The van der Waals surface area contributed by atoms with Crippen molar-refractivity contribution in [2.24, 2.45) is 0 Å². The molecule has 0 aromatic carbocycles. The number of aromatic nitrogens is 1. The smallest absolute Gasteiger partial charge is 0.355 e. The summed E-state index contributed by atoms with van der Waals surface area (Å²) in [5.74, 6) is -0.788. The number of nitrogens with two attached hydrogens (primary N) is 1. The molecule has 1 heterocycles. The number of anilines is 1. The van der Waals surface area contributed by atoms with Gasteiger partial charge in [-0.3, -0.25) is 0 Å². The van der Waals surface area contributed by atoms with E-state index in [0.717, 1.165) is 11.3 Å². The van der Waals surface area contributed by atoms with Crippen LogP contribution >= 0.6 is 11.3 Å². The molecule has 1 aromatic heterocycles. The molecule has 5 heteroatoms. The molecule has 0 aliphatic rings. The lowest BCUT2D eigenvalue weighted by Crippen LogP contribution is -2.03. The molecule has 0 fully saturated rings. The van der Waals surface area contributed by atoms with Crippen LogP contribution in [0.4, 0.5) is 5.13 Å². The number of nitrogens with zero attached hydrogens (tertiary/aromatic N) is 1. The minimum absolute atomic E-state index is 0.108. The van der Waals surface area contributed by atoms with Crippen molar-refractivity contribution >= 4 is 22.4 Å². The van der Waals surface area contributed by atoms with Crippen LogP contribution in [-0.4, -0.2) is 16.1 Å². The van der Waals surface area contributed by atoms with Gasteiger partial charge in [-0.15, -0.1) is 11.3 Å². The Balaban J connectivity index is 3.11. The molecule has 0 saturated heterocycles. The van der Waals surface area contributed by atoms with Gasteiger partial charge >= 0.3 is 5.97 Å². The molecule has 0 spiro atoms. The molecule has 1 atom stereocenters. The first-order valence-electron chi connectivity index (χ1n) is 4.05. The van der Waals surface area contributed by atoms with E-state index in [-0.39, 0.29) is 11.6 Å². The number of carboxylic acids is 1. The second kappa shape index (κ2) is 3.74. The number of nitrogen functional groups attached to an aromatic ring is 1. The Morgan fingerprint density at radius 2 is 2.38 bits per heavy atom. The standard InChI is InChI=1S/C8H12N2O2S/c1-3-4(2)6-5(7(11)12)10-8(9)13-6/h4H,3H2,1-2H3,(H2,9,10)(H,11,12). The van der Waals surface area contributed by atoms with Crippen molar-refractivity contribution < 1.29 is 9.90 Å². The Labute approximate surface area is 80.4 Å². The fraction of sp³-hybridized carbons (Fsp3) is 0.500. The van der Waals surface area contributed by atoms with Crippen LogP contribution in [0.2, 0.25) is 0 Å². The van der Waals surface area contributed by atoms with Gasteiger partial charge in [-0.2, -0.15) is 0 Å². The maximum Gasteiger partial charge on any atom is 0.355 e. The molecule has 13 heavy (non-hydrogen) atoms. The molecule has 1 aromatic rings. The summed E-state index contributed by atoms with van der Waals surface area (Å²) in [5, 5.41) is 9.14. The first kappa shape index (κ1) is 9.98. The highest BCUT2D eigenvalue weighted by atomic mass is 32.1. The summed E-state index contributed by atoms with van der Waals surface area (Å²) in [6.07, 6.45) is 0.891. The average molecular weight is 200 g/mol. The Kier molecular flexibility index (Phi) is 2.87. The highest BCUT2D eigenvalue weighted by Gasteiger charge is 2.19. The first-order valence-corrected chi connectivity index (χ1v) is 4.87. The highest BCUT2D eigenvalue weighted by molar-refractivity contribution is 7.15. The Morgan fingerprint density at radius 3 is 2.85 bits per heavy atom. The largest absolute Gasteiger partial charge is 0.476 e. The number of hydrogen-bond acceptors (Lipinski definition) is 4. The van der Waals surface area contributed by atoms with Gasteiger partial charge < -0.3 is 10.8 Å². The maximum absolute atomic E-state index is 10.7. The van der Waals surface area contributed by atoms with Crippen molar-refractivity contribution in [3.8, 4) is 0 Å². The number of carbonyl (C=O) groups is 1. The van der Waals surface area contributed by atoms with Crippen molar-refractivity contribution in [2.45, 2.75) is 26.2 Å². The molecule has 0 saturated carbocycles. The molecule has 1 unspecified atom stereocenters. The lowest BCUT2D eigenvalue weighted by atomic mass is 10.1. The van der Waals surface area contributed by atoms with Crippen molar-refractivity contribution in [1.82, 2.24) is 4.98 Å². The SMILES string of the molecule is CCC(C)c1sc(N)nc1C(=O)O. The van der Waals surface area contributed by atoms with E-state index in [9.17, 15) is 4.79 Å². The molecule has 3 N–H and O–H groups in total. The van der Waals surface area contributed by atoms with E-state index < -0.39 is 5.97 Å². The van der Waals surface area contributed by atoms with E-state index in [4.69, 9.17) is 10.8 Å². The summed E-state index contributed by atoms with van der Waals surface area (Å²) in [5.41, 5.74) is 5.56. The topological polar surface area (TPSA) is 76.2 Å². The second-order valence-corrected chi connectivity index (χ2v) is 3.94. The first-order chi connectivity index (χ1) is 6.06. The molecule has 72 valence electrons. The fourth-order valence-electron chi connectivity index (χ4n) is 1.02. The fourth-order valence-corrected chi connectivity index (χ4v) is 1.98. The average Bonchev–Trinajstić information content (AvgIpc) is 2.46. The van der Waals surface area contributed by atoms with Crippen LogP contribution in [-0.2, 0) is 0 Å². The van der Waals surface area contributed by atoms with E-state index in [0.29, 0.717) is 5.13 Å². The zero-order valence-electron chi connectivity index (χ0n) is 7.57. The number of carboxylic acid groups (broad SMARTS) is 1. The number of hydrogen-bond donors (Lipinski definition) is 2. The van der Waals surface area contributed by atoms with Gasteiger partial charge in [0.15, 0.2) is 10.8 Å². The van der Waals surface area contributed by atoms with Crippen LogP contribution in [0.25, 0.3) is 0 Å². The lowest BCUT2D eigenvalue weighted by Gasteiger charge is -2.04. The quantitative estimate of drug-likeness (QED) is 0.781. The Morgan fingerprint density at radius 1 is 1.77 bits per heavy atom. The number of aromatic carboxylic acids is 1. The van der Waals surface area contributed by atoms with Gasteiger partial charge in [0.05, 0.1) is 0 Å². The predicted molar refractivity (Wildman–Crippen MR) is 52.2 cm³/mol. The van der Waals surface area contributed by atoms with Crippen molar-refractivity contribution in [3.05, 3.63) is 10.6 Å². The molecular weight excluding hydrogens is 188 g/mol. The monoisotopic (exact) mass is 200 g/mol.